The number of fused-ring (bicyclic) bond motifs is 2. The number of nitrogens with one attached hydrogen (secondary N) is 1. The van der Waals surface area contributed by atoms with E-state index in [1.165, 1.54) is 11.8 Å². The van der Waals surface area contributed by atoms with E-state index < -0.39 is 0 Å². The van der Waals surface area contributed by atoms with E-state index in [2.05, 4.69) is 10.3 Å². The van der Waals surface area contributed by atoms with Crippen LogP contribution in [0.1, 0.15) is 29.3 Å². The molecule has 194 valence electrons. The highest BCUT2D eigenvalue weighted by atomic mass is 35.5. The molecular formula is C28H25ClN4O4S. The molecule has 1 aliphatic rings. The van der Waals surface area contributed by atoms with Gasteiger partial charge in [-0.3, -0.25) is 9.78 Å². The number of aromatic nitrogens is 3. The summed E-state index contributed by atoms with van der Waals surface area (Å²) in [4.78, 5) is 26.7. The van der Waals surface area contributed by atoms with Crippen LogP contribution in [0.3, 0.4) is 0 Å². The number of halogens is 1. The number of ether oxygens (including phenoxy) is 2. The first-order valence-electron chi connectivity index (χ1n) is 12.0. The van der Waals surface area contributed by atoms with Crippen molar-refractivity contribution in [1.82, 2.24) is 15.0 Å². The quantitative estimate of drug-likeness (QED) is 0.184. The third-order valence-electron chi connectivity index (χ3n) is 5.93. The van der Waals surface area contributed by atoms with Crippen LogP contribution in [-0.4, -0.2) is 38.3 Å². The molecule has 0 atom stereocenters. The third-order valence-corrected chi connectivity index (χ3v) is 7.18. The Morgan fingerprint density at radius 1 is 1.18 bits per heavy atom. The van der Waals surface area contributed by atoms with E-state index in [1.807, 2.05) is 38.1 Å². The fourth-order valence-electron chi connectivity index (χ4n) is 4.10. The van der Waals surface area contributed by atoms with Gasteiger partial charge in [-0.1, -0.05) is 35.5 Å². The lowest BCUT2D eigenvalue weighted by Crippen LogP contribution is -2.16. The maximum absolute atomic E-state index is 12.8. The number of benzene rings is 2. The molecule has 1 aliphatic heterocycles. The first-order chi connectivity index (χ1) is 18.4. The summed E-state index contributed by atoms with van der Waals surface area (Å²) >= 11 is 7.52. The molecule has 38 heavy (non-hydrogen) atoms. The molecule has 0 bridgehead atoms. The SMILES string of the molecule is CCOc1ccc(NC(=O)CSc2nc(-c3cccc(Cl)c3)nc3c2Cc2c(CO)cnc(C)c2O3)cc1. The maximum atomic E-state index is 12.8. The van der Waals surface area contributed by atoms with Crippen LogP contribution in [0.25, 0.3) is 11.4 Å². The summed E-state index contributed by atoms with van der Waals surface area (Å²) in [5, 5.41) is 14.0. The molecule has 2 N–H and O–H groups in total. The minimum Gasteiger partial charge on any atom is -0.494 e. The summed E-state index contributed by atoms with van der Waals surface area (Å²) < 4.78 is 11.7. The largest absolute Gasteiger partial charge is 0.494 e. The topological polar surface area (TPSA) is 106 Å². The Bertz CT molecular complexity index is 1500. The van der Waals surface area contributed by atoms with Crippen LogP contribution in [-0.2, 0) is 17.8 Å². The zero-order valence-corrected chi connectivity index (χ0v) is 22.4. The van der Waals surface area contributed by atoms with Crippen molar-refractivity contribution in [3.63, 3.8) is 0 Å². The van der Waals surface area contributed by atoms with Crippen molar-refractivity contribution < 1.29 is 19.4 Å². The van der Waals surface area contributed by atoms with Gasteiger partial charge < -0.3 is 19.9 Å². The van der Waals surface area contributed by atoms with E-state index in [9.17, 15) is 9.90 Å². The number of anilines is 1. The normalized spacial score (nSPS) is 11.8. The molecule has 10 heteroatoms. The molecule has 1 amide bonds. The number of carbonyl (C=O) groups is 1. The second kappa shape index (κ2) is 11.4. The molecule has 8 nitrogen and oxygen atoms in total. The van der Waals surface area contributed by atoms with Crippen LogP contribution in [0.2, 0.25) is 5.02 Å². The van der Waals surface area contributed by atoms with Gasteiger partial charge in [-0.25, -0.2) is 4.98 Å². The second-order valence-corrected chi connectivity index (χ2v) is 9.95. The Balaban J connectivity index is 1.44. The van der Waals surface area contributed by atoms with Crippen LogP contribution < -0.4 is 14.8 Å². The van der Waals surface area contributed by atoms with Crippen molar-refractivity contribution >= 4 is 35.0 Å². The predicted octanol–water partition coefficient (Wildman–Crippen LogP) is 5.82. The zero-order chi connectivity index (χ0) is 26.6. The Morgan fingerprint density at radius 2 is 2.00 bits per heavy atom. The molecule has 3 heterocycles. The van der Waals surface area contributed by atoms with Gasteiger partial charge in [-0.2, -0.15) is 4.98 Å². The number of nitrogens with zero attached hydrogens (tertiary/aromatic N) is 3. The molecule has 0 fully saturated rings. The number of hydrogen-bond donors (Lipinski definition) is 2. The maximum Gasteiger partial charge on any atom is 0.234 e. The van der Waals surface area contributed by atoms with E-state index in [1.54, 1.807) is 30.5 Å². The number of aliphatic hydroxyl groups excluding tert-OH is 1. The highest BCUT2D eigenvalue weighted by Gasteiger charge is 2.28. The number of thioether (sulfide) groups is 1. The molecule has 0 unspecified atom stereocenters. The average Bonchev–Trinajstić information content (AvgIpc) is 2.92. The molecular weight excluding hydrogens is 524 g/mol. The molecule has 2 aromatic heterocycles. The van der Waals surface area contributed by atoms with Gasteiger partial charge >= 0.3 is 0 Å². The smallest absolute Gasteiger partial charge is 0.234 e. The lowest BCUT2D eigenvalue weighted by atomic mass is 9.99. The summed E-state index contributed by atoms with van der Waals surface area (Å²) in [6, 6.07) is 14.5. The highest BCUT2D eigenvalue weighted by molar-refractivity contribution is 8.00. The first kappa shape index (κ1) is 26.0. The zero-order valence-electron chi connectivity index (χ0n) is 20.8. The van der Waals surface area contributed by atoms with E-state index >= 15 is 0 Å². The van der Waals surface area contributed by atoms with Crippen LogP contribution in [0.5, 0.6) is 17.4 Å². The standard InChI is InChI=1S/C28H25ClN4O4S/c1-3-36-21-9-7-20(8-10-21)31-24(35)15-38-28-23-12-22-18(14-34)13-30-16(2)25(22)37-27(23)32-26(33-28)17-5-4-6-19(29)11-17/h4-11,13,34H,3,12,14-15H2,1-2H3,(H,31,35). The van der Waals surface area contributed by atoms with Crippen LogP contribution in [0, 0.1) is 6.92 Å². The van der Waals surface area contributed by atoms with Gasteiger partial charge in [0.15, 0.2) is 11.6 Å². The Kier molecular flexibility index (Phi) is 7.78. The molecule has 0 spiro atoms. The monoisotopic (exact) mass is 548 g/mol. The van der Waals surface area contributed by atoms with Crippen LogP contribution >= 0.6 is 23.4 Å². The summed E-state index contributed by atoms with van der Waals surface area (Å²) in [5.41, 5.74) is 4.38. The van der Waals surface area contributed by atoms with Crippen molar-refractivity contribution in [2.45, 2.75) is 31.9 Å². The number of hydrogen-bond acceptors (Lipinski definition) is 8. The summed E-state index contributed by atoms with van der Waals surface area (Å²) in [6.45, 7) is 4.18. The van der Waals surface area contributed by atoms with E-state index in [0.717, 1.165) is 22.4 Å². The van der Waals surface area contributed by atoms with Crippen molar-refractivity contribution in [2.75, 3.05) is 17.7 Å². The lowest BCUT2D eigenvalue weighted by Gasteiger charge is -2.24. The molecule has 5 rings (SSSR count). The molecule has 2 aromatic carbocycles. The summed E-state index contributed by atoms with van der Waals surface area (Å²) in [5.74, 6) is 2.12. The summed E-state index contributed by atoms with van der Waals surface area (Å²) in [7, 11) is 0. The van der Waals surface area contributed by atoms with Crippen LogP contribution in [0.4, 0.5) is 5.69 Å². The third kappa shape index (κ3) is 5.60. The molecule has 0 saturated heterocycles. The Labute approximate surface area is 229 Å². The van der Waals surface area contributed by atoms with Gasteiger partial charge in [0.05, 0.1) is 30.2 Å². The number of aliphatic hydroxyl groups is 1. The molecule has 4 aromatic rings. The molecule has 0 saturated carbocycles. The molecule has 0 radical (unpaired) electrons. The van der Waals surface area contributed by atoms with Crippen molar-refractivity contribution in [2.24, 2.45) is 0 Å². The number of aryl methyl sites for hydroxylation is 1. The van der Waals surface area contributed by atoms with Crippen molar-refractivity contribution in [3.05, 3.63) is 82.1 Å². The fourth-order valence-corrected chi connectivity index (χ4v) is 5.12. The lowest BCUT2D eigenvalue weighted by molar-refractivity contribution is -0.113. The Hall–Kier alpha value is -3.66. The fraction of sp³-hybridized carbons (Fsp3) is 0.214. The van der Waals surface area contributed by atoms with Gasteiger partial charge in [0.1, 0.15) is 10.8 Å². The van der Waals surface area contributed by atoms with Gasteiger partial charge in [0.2, 0.25) is 11.8 Å². The predicted molar refractivity (Wildman–Crippen MR) is 147 cm³/mol. The minimum atomic E-state index is -0.177. The van der Waals surface area contributed by atoms with Gasteiger partial charge in [0.25, 0.3) is 0 Å². The first-order valence-corrected chi connectivity index (χ1v) is 13.4. The van der Waals surface area contributed by atoms with E-state index in [4.69, 9.17) is 31.0 Å². The minimum absolute atomic E-state index is 0.126. The number of amides is 1. The van der Waals surface area contributed by atoms with Crippen LogP contribution in [0.15, 0.2) is 59.8 Å². The van der Waals surface area contributed by atoms with Crippen molar-refractivity contribution in [1.29, 1.82) is 0 Å². The summed E-state index contributed by atoms with van der Waals surface area (Å²) in [6.07, 6.45) is 2.10. The van der Waals surface area contributed by atoms with Gasteiger partial charge in [-0.05, 0) is 50.2 Å². The van der Waals surface area contributed by atoms with Gasteiger partial charge in [-0.15, -0.1) is 0 Å². The number of carbonyl (C=O) groups excluding carboxylic acids is 1. The van der Waals surface area contributed by atoms with Gasteiger partial charge in [0, 0.05) is 40.0 Å². The van der Waals surface area contributed by atoms with E-state index in [0.29, 0.717) is 57.5 Å². The molecule has 0 aliphatic carbocycles. The second-order valence-electron chi connectivity index (χ2n) is 8.55. The van der Waals surface area contributed by atoms with Crippen molar-refractivity contribution in [3.8, 4) is 28.8 Å². The number of rotatable bonds is 8. The van der Waals surface area contributed by atoms with E-state index in [-0.39, 0.29) is 18.3 Å². The number of pyridine rings is 1. The highest BCUT2D eigenvalue weighted by Crippen LogP contribution is 2.42. The Morgan fingerprint density at radius 3 is 2.74 bits per heavy atom. The average molecular weight is 549 g/mol.